The van der Waals surface area contributed by atoms with Crippen LogP contribution in [0, 0.1) is 5.41 Å². The van der Waals surface area contributed by atoms with Crippen molar-refractivity contribution in [2.24, 2.45) is 5.41 Å². The van der Waals surface area contributed by atoms with Gasteiger partial charge in [0, 0.05) is 19.5 Å². The highest BCUT2D eigenvalue weighted by molar-refractivity contribution is 5.73. The van der Waals surface area contributed by atoms with Crippen LogP contribution in [0.1, 0.15) is 32.8 Å². The molecule has 5 heteroatoms. The zero-order chi connectivity index (χ0) is 16.0. The second kappa shape index (κ2) is 7.38. The van der Waals surface area contributed by atoms with Gasteiger partial charge < -0.3 is 20.1 Å². The molecule has 1 aromatic carbocycles. The molecule has 0 unspecified atom stereocenters. The maximum atomic E-state index is 11.7. The van der Waals surface area contributed by atoms with Crippen LogP contribution < -0.4 is 20.1 Å². The first-order valence-electron chi connectivity index (χ1n) is 7.84. The molecule has 1 aromatic rings. The Morgan fingerprint density at radius 1 is 1.14 bits per heavy atom. The van der Waals surface area contributed by atoms with Gasteiger partial charge in [-0.25, -0.2) is 4.79 Å². The number of amides is 2. The first-order chi connectivity index (χ1) is 10.4. The summed E-state index contributed by atoms with van der Waals surface area (Å²) in [4.78, 5) is 11.7. The van der Waals surface area contributed by atoms with Gasteiger partial charge in [-0.1, -0.05) is 26.8 Å². The number of benzene rings is 1. The fraction of sp³-hybridized carbons (Fsp3) is 0.588. The number of hydrogen-bond acceptors (Lipinski definition) is 3. The van der Waals surface area contributed by atoms with Crippen molar-refractivity contribution in [3.63, 3.8) is 0 Å². The molecule has 122 valence electrons. The van der Waals surface area contributed by atoms with E-state index in [1.54, 1.807) is 0 Å². The van der Waals surface area contributed by atoms with Gasteiger partial charge in [0.2, 0.25) is 0 Å². The molecule has 22 heavy (non-hydrogen) atoms. The SMILES string of the molecule is CC(C)(C)CNC(=O)NCCc1ccc2c(c1)OCCCO2. The molecule has 0 saturated carbocycles. The zero-order valence-electron chi connectivity index (χ0n) is 13.7. The number of rotatable bonds is 4. The van der Waals surface area contributed by atoms with Gasteiger partial charge in [0.05, 0.1) is 13.2 Å². The highest BCUT2D eigenvalue weighted by atomic mass is 16.5. The standard InChI is InChI=1S/C17H26N2O3/c1-17(2,3)12-19-16(20)18-8-7-13-5-6-14-15(11-13)22-10-4-9-21-14/h5-6,11H,4,7-10,12H2,1-3H3,(H2,18,19,20). The van der Waals surface area contributed by atoms with Gasteiger partial charge in [-0.15, -0.1) is 0 Å². The van der Waals surface area contributed by atoms with Crippen LogP contribution in [-0.4, -0.2) is 32.3 Å². The molecule has 2 rings (SSSR count). The Kier molecular flexibility index (Phi) is 5.52. The summed E-state index contributed by atoms with van der Waals surface area (Å²) in [6.07, 6.45) is 1.67. The van der Waals surface area contributed by atoms with Gasteiger partial charge in [0.25, 0.3) is 0 Å². The summed E-state index contributed by atoms with van der Waals surface area (Å²) < 4.78 is 11.3. The summed E-state index contributed by atoms with van der Waals surface area (Å²) in [5.41, 5.74) is 1.21. The molecular weight excluding hydrogens is 280 g/mol. The van der Waals surface area contributed by atoms with Crippen LogP contribution in [0.5, 0.6) is 11.5 Å². The number of carbonyl (C=O) groups is 1. The molecule has 1 heterocycles. The molecule has 5 nitrogen and oxygen atoms in total. The average Bonchev–Trinajstić information content (AvgIpc) is 2.69. The van der Waals surface area contributed by atoms with E-state index in [4.69, 9.17) is 9.47 Å². The van der Waals surface area contributed by atoms with Gasteiger partial charge in [-0.3, -0.25) is 0 Å². The third kappa shape index (κ3) is 5.47. The van der Waals surface area contributed by atoms with Crippen molar-refractivity contribution < 1.29 is 14.3 Å². The van der Waals surface area contributed by atoms with E-state index in [1.165, 1.54) is 0 Å². The lowest BCUT2D eigenvalue weighted by Crippen LogP contribution is -2.40. The second-order valence-electron chi connectivity index (χ2n) is 6.75. The lowest BCUT2D eigenvalue weighted by Gasteiger charge is -2.19. The van der Waals surface area contributed by atoms with E-state index < -0.39 is 0 Å². The summed E-state index contributed by atoms with van der Waals surface area (Å²) in [7, 11) is 0. The quantitative estimate of drug-likeness (QED) is 0.899. The van der Waals surface area contributed by atoms with Crippen molar-refractivity contribution in [3.05, 3.63) is 23.8 Å². The lowest BCUT2D eigenvalue weighted by atomic mass is 9.97. The van der Waals surface area contributed by atoms with E-state index in [-0.39, 0.29) is 11.4 Å². The number of hydrogen-bond donors (Lipinski definition) is 2. The topological polar surface area (TPSA) is 59.6 Å². The third-order valence-corrected chi connectivity index (χ3v) is 3.29. The van der Waals surface area contributed by atoms with E-state index in [2.05, 4.69) is 31.4 Å². The molecule has 0 radical (unpaired) electrons. The number of nitrogens with one attached hydrogen (secondary N) is 2. The van der Waals surface area contributed by atoms with Crippen LogP contribution in [0.25, 0.3) is 0 Å². The van der Waals surface area contributed by atoms with E-state index in [0.29, 0.717) is 26.3 Å². The smallest absolute Gasteiger partial charge is 0.314 e. The van der Waals surface area contributed by atoms with Gasteiger partial charge in [0.1, 0.15) is 0 Å². The van der Waals surface area contributed by atoms with E-state index in [9.17, 15) is 4.79 Å². The monoisotopic (exact) mass is 306 g/mol. The van der Waals surface area contributed by atoms with Crippen molar-refractivity contribution in [1.29, 1.82) is 0 Å². The molecule has 1 aliphatic rings. The van der Waals surface area contributed by atoms with Crippen LogP contribution in [0.4, 0.5) is 4.79 Å². The Balaban J connectivity index is 1.77. The minimum Gasteiger partial charge on any atom is -0.490 e. The fourth-order valence-corrected chi connectivity index (χ4v) is 2.09. The van der Waals surface area contributed by atoms with Crippen LogP contribution in [0.15, 0.2) is 18.2 Å². The molecule has 0 bridgehead atoms. The summed E-state index contributed by atoms with van der Waals surface area (Å²) in [6, 6.07) is 5.83. The molecule has 0 aliphatic carbocycles. The molecule has 0 fully saturated rings. The van der Waals surface area contributed by atoms with Crippen LogP contribution in [0.3, 0.4) is 0 Å². The molecule has 1 aliphatic heterocycles. The normalized spacial score (nSPS) is 14.1. The minimum atomic E-state index is -0.121. The summed E-state index contributed by atoms with van der Waals surface area (Å²) >= 11 is 0. The summed E-state index contributed by atoms with van der Waals surface area (Å²) in [5.74, 6) is 1.60. The molecule has 2 amide bonds. The van der Waals surface area contributed by atoms with Crippen molar-refractivity contribution in [1.82, 2.24) is 10.6 Å². The number of carbonyl (C=O) groups excluding carboxylic acids is 1. The Hall–Kier alpha value is -1.91. The summed E-state index contributed by atoms with van der Waals surface area (Å²) in [6.45, 7) is 8.89. The van der Waals surface area contributed by atoms with Gasteiger partial charge in [-0.05, 0) is 29.5 Å². The van der Waals surface area contributed by atoms with Crippen molar-refractivity contribution >= 4 is 6.03 Å². The van der Waals surface area contributed by atoms with Crippen LogP contribution in [0.2, 0.25) is 0 Å². The Labute approximate surface area is 132 Å². The molecule has 0 spiro atoms. The maximum Gasteiger partial charge on any atom is 0.314 e. The van der Waals surface area contributed by atoms with Gasteiger partial charge >= 0.3 is 6.03 Å². The second-order valence-corrected chi connectivity index (χ2v) is 6.75. The first kappa shape index (κ1) is 16.5. The maximum absolute atomic E-state index is 11.7. The molecule has 0 atom stereocenters. The minimum absolute atomic E-state index is 0.0890. The highest BCUT2D eigenvalue weighted by Crippen LogP contribution is 2.30. The predicted octanol–water partition coefficient (Wildman–Crippen LogP) is 2.74. The van der Waals surface area contributed by atoms with E-state index in [0.717, 1.165) is 29.9 Å². The van der Waals surface area contributed by atoms with Crippen LogP contribution in [-0.2, 0) is 6.42 Å². The Bertz CT molecular complexity index is 509. The van der Waals surface area contributed by atoms with Crippen molar-refractivity contribution in [2.45, 2.75) is 33.6 Å². The Morgan fingerprint density at radius 3 is 2.59 bits per heavy atom. The molecule has 2 N–H and O–H groups in total. The molecule has 0 aromatic heterocycles. The van der Waals surface area contributed by atoms with Gasteiger partial charge in [-0.2, -0.15) is 0 Å². The molecule has 0 saturated heterocycles. The fourth-order valence-electron chi connectivity index (χ4n) is 2.09. The lowest BCUT2D eigenvalue weighted by molar-refractivity contribution is 0.235. The van der Waals surface area contributed by atoms with E-state index >= 15 is 0 Å². The van der Waals surface area contributed by atoms with Crippen LogP contribution >= 0.6 is 0 Å². The average molecular weight is 306 g/mol. The van der Waals surface area contributed by atoms with Crippen molar-refractivity contribution in [2.75, 3.05) is 26.3 Å². The first-order valence-corrected chi connectivity index (χ1v) is 7.84. The predicted molar refractivity (Wildman–Crippen MR) is 86.6 cm³/mol. The number of fused-ring (bicyclic) bond motifs is 1. The number of ether oxygens (including phenoxy) is 2. The highest BCUT2D eigenvalue weighted by Gasteiger charge is 2.12. The van der Waals surface area contributed by atoms with Gasteiger partial charge in [0.15, 0.2) is 11.5 Å². The Morgan fingerprint density at radius 2 is 1.86 bits per heavy atom. The third-order valence-electron chi connectivity index (χ3n) is 3.29. The largest absolute Gasteiger partial charge is 0.490 e. The molecular formula is C17H26N2O3. The summed E-state index contributed by atoms with van der Waals surface area (Å²) in [5, 5.41) is 5.75. The zero-order valence-corrected chi connectivity index (χ0v) is 13.7. The number of urea groups is 1. The van der Waals surface area contributed by atoms with Crippen molar-refractivity contribution in [3.8, 4) is 11.5 Å². The van der Waals surface area contributed by atoms with E-state index in [1.807, 2.05) is 18.2 Å².